The molecular formula is C22H50ClNO3Si. The van der Waals surface area contributed by atoms with Gasteiger partial charge >= 0.3 is 8.80 Å². The molecule has 28 heavy (non-hydrogen) atoms. The largest absolute Gasteiger partial charge is 0.500 e. The smallest absolute Gasteiger partial charge is 0.377 e. The maximum atomic E-state index is 6.86. The summed E-state index contributed by atoms with van der Waals surface area (Å²) in [6.45, 7) is 6.76. The summed E-state index contributed by atoms with van der Waals surface area (Å²) in [7, 11) is 2.56. The Morgan fingerprint density at radius 2 is 1.21 bits per heavy atom. The Bertz CT molecular complexity index is 333. The van der Waals surface area contributed by atoms with Gasteiger partial charge in [0.1, 0.15) is 0 Å². The summed E-state index contributed by atoms with van der Waals surface area (Å²) < 4.78 is 16.5. The summed E-state index contributed by atoms with van der Waals surface area (Å²) in [6.07, 6.45) is 17.0. The zero-order chi connectivity index (χ0) is 20.6. The second kappa shape index (κ2) is 18.1. The van der Waals surface area contributed by atoms with Crippen molar-refractivity contribution in [1.82, 2.24) is 6.15 Å². The predicted molar refractivity (Wildman–Crippen MR) is 126 cm³/mol. The highest BCUT2D eigenvalue weighted by Crippen LogP contribution is 2.35. The van der Waals surface area contributed by atoms with Crippen molar-refractivity contribution < 1.29 is 13.3 Å². The second-order valence-corrected chi connectivity index (χ2v) is 12.3. The van der Waals surface area contributed by atoms with Crippen molar-refractivity contribution in [2.75, 3.05) is 21.3 Å². The average Bonchev–Trinajstić information content (AvgIpc) is 2.66. The molecule has 2 unspecified atom stereocenters. The minimum Gasteiger partial charge on any atom is -0.377 e. The van der Waals surface area contributed by atoms with Gasteiger partial charge in [-0.15, -0.1) is 11.6 Å². The molecule has 4 nitrogen and oxygen atoms in total. The van der Waals surface area contributed by atoms with E-state index in [1.54, 1.807) is 21.3 Å². The van der Waals surface area contributed by atoms with Crippen molar-refractivity contribution in [2.45, 2.75) is 115 Å². The lowest BCUT2D eigenvalue weighted by molar-refractivity contribution is 0.122. The van der Waals surface area contributed by atoms with E-state index in [-0.39, 0.29) is 11.0 Å². The summed E-state index contributed by atoms with van der Waals surface area (Å²) in [4.78, 5) is -0.158. The molecule has 0 aliphatic heterocycles. The first-order valence-corrected chi connectivity index (χ1v) is 13.5. The molecule has 0 aromatic rings. The number of unbranched alkanes of at least 4 members (excludes halogenated alkanes) is 9. The molecule has 0 aliphatic carbocycles. The van der Waals surface area contributed by atoms with Gasteiger partial charge in [0.2, 0.25) is 0 Å². The number of hydrogen-bond acceptors (Lipinski definition) is 4. The third kappa shape index (κ3) is 13.5. The third-order valence-electron chi connectivity index (χ3n) is 6.10. The zero-order valence-corrected chi connectivity index (χ0v) is 21.5. The van der Waals surface area contributed by atoms with Crippen molar-refractivity contribution in [3.63, 3.8) is 0 Å². The summed E-state index contributed by atoms with van der Waals surface area (Å²) in [5, 5.41) is 0. The second-order valence-electron chi connectivity index (χ2n) is 8.30. The van der Waals surface area contributed by atoms with E-state index < -0.39 is 8.80 Å². The Balaban J connectivity index is 0. The van der Waals surface area contributed by atoms with Crippen LogP contribution in [0.1, 0.15) is 104 Å². The van der Waals surface area contributed by atoms with Gasteiger partial charge in [-0.3, -0.25) is 0 Å². The molecule has 0 spiro atoms. The lowest BCUT2D eigenvalue weighted by Gasteiger charge is -2.31. The SMILES string of the molecule is CCCCCCCCCCCCC(C)C(C)(Cl)CCC[Si](OC)(OC)OC.N. The molecule has 0 saturated heterocycles. The van der Waals surface area contributed by atoms with Crippen molar-refractivity contribution >= 4 is 20.4 Å². The van der Waals surface area contributed by atoms with E-state index in [4.69, 9.17) is 24.9 Å². The third-order valence-corrected chi connectivity index (χ3v) is 9.49. The number of alkyl halides is 1. The summed E-state index contributed by atoms with van der Waals surface area (Å²) >= 11 is 6.86. The van der Waals surface area contributed by atoms with Gasteiger partial charge in [0.25, 0.3) is 0 Å². The van der Waals surface area contributed by atoms with Crippen LogP contribution in [-0.2, 0) is 13.3 Å². The molecule has 3 N–H and O–H groups in total. The molecule has 172 valence electrons. The number of hydrogen-bond donors (Lipinski definition) is 1. The summed E-state index contributed by atoms with van der Waals surface area (Å²) in [6, 6.07) is 0.823. The maximum Gasteiger partial charge on any atom is 0.500 e. The highest BCUT2D eigenvalue weighted by Gasteiger charge is 2.38. The molecular weight excluding hydrogens is 390 g/mol. The first-order chi connectivity index (χ1) is 12.9. The van der Waals surface area contributed by atoms with Crippen molar-refractivity contribution in [3.05, 3.63) is 0 Å². The van der Waals surface area contributed by atoms with Crippen LogP contribution in [0.4, 0.5) is 0 Å². The van der Waals surface area contributed by atoms with Crippen LogP contribution in [0.25, 0.3) is 0 Å². The molecule has 0 radical (unpaired) electrons. The normalized spacial score (nSPS) is 15.1. The van der Waals surface area contributed by atoms with Crippen LogP contribution in [0, 0.1) is 5.92 Å². The fourth-order valence-electron chi connectivity index (χ4n) is 3.69. The molecule has 0 aromatic heterocycles. The van der Waals surface area contributed by atoms with Crippen LogP contribution in [0.5, 0.6) is 0 Å². The molecule has 6 heteroatoms. The quantitative estimate of drug-likeness (QED) is 0.127. The molecule has 0 amide bonds. The topological polar surface area (TPSA) is 62.7 Å². The lowest BCUT2D eigenvalue weighted by atomic mass is 9.86. The van der Waals surface area contributed by atoms with Crippen molar-refractivity contribution in [1.29, 1.82) is 0 Å². The van der Waals surface area contributed by atoms with Crippen LogP contribution in [0.3, 0.4) is 0 Å². The molecule has 0 aliphatic rings. The Hall–Kier alpha value is 0.347. The van der Waals surface area contributed by atoms with Crippen LogP contribution in [0.2, 0.25) is 6.04 Å². The van der Waals surface area contributed by atoms with Crippen molar-refractivity contribution in [2.24, 2.45) is 5.92 Å². The van der Waals surface area contributed by atoms with Crippen LogP contribution >= 0.6 is 11.6 Å². The van der Waals surface area contributed by atoms with Gasteiger partial charge in [-0.05, 0) is 32.1 Å². The number of rotatable bonds is 19. The predicted octanol–water partition coefficient (Wildman–Crippen LogP) is 7.75. The molecule has 0 rings (SSSR count). The Labute approximate surface area is 182 Å². The number of halogens is 1. The van der Waals surface area contributed by atoms with E-state index in [1.165, 1.54) is 70.6 Å². The summed E-state index contributed by atoms with van der Waals surface area (Å²) in [5.74, 6) is 0.525. The van der Waals surface area contributed by atoms with E-state index in [0.717, 1.165) is 18.9 Å². The van der Waals surface area contributed by atoms with E-state index >= 15 is 0 Å². The Kier molecular flexibility index (Phi) is 19.8. The average molecular weight is 440 g/mol. The van der Waals surface area contributed by atoms with E-state index in [9.17, 15) is 0 Å². The Morgan fingerprint density at radius 1 is 0.786 bits per heavy atom. The van der Waals surface area contributed by atoms with Crippen molar-refractivity contribution in [3.8, 4) is 0 Å². The van der Waals surface area contributed by atoms with E-state index in [2.05, 4.69) is 20.8 Å². The molecule has 0 fully saturated rings. The molecule has 0 aromatic carbocycles. The monoisotopic (exact) mass is 439 g/mol. The van der Waals surface area contributed by atoms with E-state index in [0.29, 0.717) is 5.92 Å². The molecule has 2 atom stereocenters. The Morgan fingerprint density at radius 3 is 1.64 bits per heavy atom. The minimum atomic E-state index is -2.47. The highest BCUT2D eigenvalue weighted by atomic mass is 35.5. The minimum absolute atomic E-state index is 0. The maximum absolute atomic E-state index is 6.86. The van der Waals surface area contributed by atoms with Crippen LogP contribution < -0.4 is 6.15 Å². The van der Waals surface area contributed by atoms with Gasteiger partial charge in [-0.1, -0.05) is 78.1 Å². The van der Waals surface area contributed by atoms with Gasteiger partial charge in [-0.25, -0.2) is 0 Å². The summed E-state index contributed by atoms with van der Waals surface area (Å²) in [5.41, 5.74) is 0. The van der Waals surface area contributed by atoms with E-state index in [1.807, 2.05) is 0 Å². The van der Waals surface area contributed by atoms with Crippen LogP contribution in [-0.4, -0.2) is 35.0 Å². The standard InChI is InChI=1S/C22H47ClO3Si.H3N/c1-7-8-9-10-11-12-13-14-15-16-18-21(2)22(3,23)19-17-20-27(24-4,25-5)26-6;/h21H,7-20H2,1-6H3;1H3. The molecule has 0 bridgehead atoms. The van der Waals surface area contributed by atoms with Gasteiger partial charge in [0.05, 0.1) is 0 Å². The van der Waals surface area contributed by atoms with Gasteiger partial charge in [0.15, 0.2) is 0 Å². The van der Waals surface area contributed by atoms with Gasteiger partial charge in [-0.2, -0.15) is 0 Å². The van der Waals surface area contributed by atoms with Gasteiger partial charge in [0, 0.05) is 32.2 Å². The zero-order valence-electron chi connectivity index (χ0n) is 19.8. The first kappa shape index (κ1) is 30.5. The van der Waals surface area contributed by atoms with Gasteiger partial charge < -0.3 is 19.4 Å². The van der Waals surface area contributed by atoms with Crippen LogP contribution in [0.15, 0.2) is 0 Å². The lowest BCUT2D eigenvalue weighted by Crippen LogP contribution is -2.43. The highest BCUT2D eigenvalue weighted by molar-refractivity contribution is 6.60. The fraction of sp³-hybridized carbons (Fsp3) is 1.00. The molecule has 0 heterocycles. The molecule has 0 saturated carbocycles. The first-order valence-electron chi connectivity index (χ1n) is 11.2. The fourth-order valence-corrected chi connectivity index (χ4v) is 5.66.